The van der Waals surface area contributed by atoms with Gasteiger partial charge in [0.15, 0.2) is 0 Å². The highest BCUT2D eigenvalue weighted by atomic mass is 14.4. The molecule has 8 aromatic carbocycles. The second-order valence-electron chi connectivity index (χ2n) is 17.1. The van der Waals surface area contributed by atoms with Crippen molar-refractivity contribution in [3.05, 3.63) is 178 Å². The Hall–Kier alpha value is -5.72. The van der Waals surface area contributed by atoms with E-state index in [2.05, 4.69) is 189 Å². The van der Waals surface area contributed by atoms with Gasteiger partial charge in [-0.1, -0.05) is 125 Å². The maximum atomic E-state index is 2.48. The van der Waals surface area contributed by atoms with Crippen LogP contribution in [0.1, 0.15) is 72.2 Å². The molecule has 2 aliphatic rings. The first-order chi connectivity index (χ1) is 25.9. The molecule has 0 spiro atoms. The van der Waals surface area contributed by atoms with Crippen molar-refractivity contribution in [1.82, 2.24) is 0 Å². The third kappa shape index (κ3) is 4.62. The standard InChI is InChI=1S/C54H46/c1-31-32(2)34(4)52-51(33(31)3)47-24-21-44(30-50(47)54(52,7)8)43-20-23-46-45-22-19-42(28-48(45)53(5,6)49(46)29-43)41-18-17-39-26-38(15-16-40(39)27-41)37-14-13-35-11-9-10-12-36(35)25-37/h9-30H,1-8H3. The van der Waals surface area contributed by atoms with Crippen LogP contribution in [-0.4, -0.2) is 0 Å². The Labute approximate surface area is 320 Å². The summed E-state index contributed by atoms with van der Waals surface area (Å²) in [4.78, 5) is 0. The van der Waals surface area contributed by atoms with Gasteiger partial charge < -0.3 is 0 Å². The lowest BCUT2D eigenvalue weighted by molar-refractivity contribution is 0.654. The fourth-order valence-corrected chi connectivity index (χ4v) is 10.1. The minimum absolute atomic E-state index is 0.0428. The van der Waals surface area contributed by atoms with Crippen molar-refractivity contribution in [2.75, 3.05) is 0 Å². The van der Waals surface area contributed by atoms with Crippen LogP contribution in [0, 0.1) is 27.7 Å². The molecule has 0 aliphatic heterocycles. The fourth-order valence-electron chi connectivity index (χ4n) is 10.1. The van der Waals surface area contributed by atoms with Gasteiger partial charge in [-0.25, -0.2) is 0 Å². The minimum Gasteiger partial charge on any atom is -0.0616 e. The average Bonchev–Trinajstić information content (AvgIpc) is 3.57. The molecule has 0 saturated carbocycles. The predicted molar refractivity (Wildman–Crippen MR) is 232 cm³/mol. The molecule has 10 rings (SSSR count). The highest BCUT2D eigenvalue weighted by Crippen LogP contribution is 2.55. The third-order valence-corrected chi connectivity index (χ3v) is 13.5. The van der Waals surface area contributed by atoms with E-state index in [9.17, 15) is 0 Å². The molecule has 0 amide bonds. The van der Waals surface area contributed by atoms with Crippen molar-refractivity contribution in [3.8, 4) is 55.6 Å². The number of benzene rings is 8. The van der Waals surface area contributed by atoms with Crippen LogP contribution in [0.5, 0.6) is 0 Å². The van der Waals surface area contributed by atoms with Gasteiger partial charge >= 0.3 is 0 Å². The van der Waals surface area contributed by atoms with Crippen molar-refractivity contribution in [3.63, 3.8) is 0 Å². The highest BCUT2D eigenvalue weighted by molar-refractivity contribution is 5.94. The lowest BCUT2D eigenvalue weighted by atomic mass is 9.77. The van der Waals surface area contributed by atoms with Crippen LogP contribution in [0.4, 0.5) is 0 Å². The van der Waals surface area contributed by atoms with Gasteiger partial charge in [0.2, 0.25) is 0 Å². The van der Waals surface area contributed by atoms with Crippen LogP contribution in [-0.2, 0) is 10.8 Å². The summed E-state index contributed by atoms with van der Waals surface area (Å²) in [5, 5.41) is 5.08. The SMILES string of the molecule is Cc1c(C)c(C)c2c(c1C)-c1ccc(-c3ccc4c(c3)C(C)(C)c3cc(-c5ccc6cc(-c7ccc8ccccc8c7)ccc6c5)ccc3-4)cc1C2(C)C. The molecule has 2 aliphatic carbocycles. The van der Waals surface area contributed by atoms with E-state index in [-0.39, 0.29) is 10.8 Å². The Balaban J connectivity index is 0.980. The summed E-state index contributed by atoms with van der Waals surface area (Å²) in [7, 11) is 0. The van der Waals surface area contributed by atoms with E-state index in [1.165, 1.54) is 122 Å². The smallest absolute Gasteiger partial charge is 0.0161 e. The summed E-state index contributed by atoms with van der Waals surface area (Å²) >= 11 is 0. The van der Waals surface area contributed by atoms with Gasteiger partial charge in [0.05, 0.1) is 0 Å². The van der Waals surface area contributed by atoms with E-state index >= 15 is 0 Å². The zero-order chi connectivity index (χ0) is 37.3. The Morgan fingerprint density at radius 3 is 1.20 bits per heavy atom. The van der Waals surface area contributed by atoms with Crippen molar-refractivity contribution < 1.29 is 0 Å². The minimum atomic E-state index is -0.113. The lowest BCUT2D eigenvalue weighted by Gasteiger charge is -2.26. The first kappa shape index (κ1) is 32.9. The molecule has 0 radical (unpaired) electrons. The highest BCUT2D eigenvalue weighted by Gasteiger charge is 2.40. The molecule has 0 nitrogen and oxygen atoms in total. The second-order valence-corrected chi connectivity index (χ2v) is 17.1. The molecule has 0 aromatic heterocycles. The summed E-state index contributed by atoms with van der Waals surface area (Å²) in [6.45, 7) is 18.9. The van der Waals surface area contributed by atoms with Gasteiger partial charge in [0.25, 0.3) is 0 Å². The maximum Gasteiger partial charge on any atom is 0.0161 e. The lowest BCUT2D eigenvalue weighted by Crippen LogP contribution is -2.17. The number of hydrogen-bond acceptors (Lipinski definition) is 0. The summed E-state index contributed by atoms with van der Waals surface area (Å²) in [5.74, 6) is 0. The largest absolute Gasteiger partial charge is 0.0616 e. The number of hydrogen-bond donors (Lipinski definition) is 0. The second kappa shape index (κ2) is 11.4. The van der Waals surface area contributed by atoms with E-state index in [4.69, 9.17) is 0 Å². The van der Waals surface area contributed by atoms with Crippen LogP contribution < -0.4 is 0 Å². The van der Waals surface area contributed by atoms with Gasteiger partial charge in [0.1, 0.15) is 0 Å². The van der Waals surface area contributed by atoms with Crippen molar-refractivity contribution >= 4 is 21.5 Å². The van der Waals surface area contributed by atoms with E-state index < -0.39 is 0 Å². The van der Waals surface area contributed by atoms with Gasteiger partial charge in [0, 0.05) is 10.8 Å². The van der Waals surface area contributed by atoms with E-state index in [0.717, 1.165) is 0 Å². The Bertz CT molecular complexity index is 2910. The topological polar surface area (TPSA) is 0 Å². The molecule has 262 valence electrons. The predicted octanol–water partition coefficient (Wildman–Crippen LogP) is 14.8. The third-order valence-electron chi connectivity index (χ3n) is 13.5. The van der Waals surface area contributed by atoms with Crippen molar-refractivity contribution in [2.24, 2.45) is 0 Å². The van der Waals surface area contributed by atoms with E-state index in [1.807, 2.05) is 0 Å². The normalized spacial score (nSPS) is 14.6. The van der Waals surface area contributed by atoms with Gasteiger partial charge in [-0.2, -0.15) is 0 Å². The van der Waals surface area contributed by atoms with Crippen LogP contribution >= 0.6 is 0 Å². The van der Waals surface area contributed by atoms with Gasteiger partial charge in [-0.05, 0) is 186 Å². The summed E-state index contributed by atoms with van der Waals surface area (Å²) < 4.78 is 0. The van der Waals surface area contributed by atoms with Crippen LogP contribution in [0.2, 0.25) is 0 Å². The molecular weight excluding hydrogens is 649 g/mol. The molecule has 0 fully saturated rings. The van der Waals surface area contributed by atoms with Crippen molar-refractivity contribution in [1.29, 1.82) is 0 Å². The molecule has 0 heteroatoms. The molecule has 0 heterocycles. The van der Waals surface area contributed by atoms with Crippen LogP contribution in [0.3, 0.4) is 0 Å². The van der Waals surface area contributed by atoms with Gasteiger partial charge in [-0.3, -0.25) is 0 Å². The molecule has 0 N–H and O–H groups in total. The average molecular weight is 695 g/mol. The Kier molecular flexibility index (Phi) is 6.94. The van der Waals surface area contributed by atoms with E-state index in [0.29, 0.717) is 0 Å². The quantitative estimate of drug-likeness (QED) is 0.173. The van der Waals surface area contributed by atoms with Crippen LogP contribution in [0.25, 0.3) is 77.2 Å². The molecule has 0 saturated heterocycles. The monoisotopic (exact) mass is 694 g/mol. The van der Waals surface area contributed by atoms with Crippen LogP contribution in [0.15, 0.2) is 133 Å². The Morgan fingerprint density at radius 1 is 0.315 bits per heavy atom. The molecule has 8 aromatic rings. The van der Waals surface area contributed by atoms with E-state index in [1.54, 1.807) is 0 Å². The fraction of sp³-hybridized carbons (Fsp3) is 0.185. The molecule has 54 heavy (non-hydrogen) atoms. The first-order valence-electron chi connectivity index (χ1n) is 19.5. The summed E-state index contributed by atoms with van der Waals surface area (Å²) in [5.41, 5.74) is 24.5. The molecule has 0 bridgehead atoms. The zero-order valence-corrected chi connectivity index (χ0v) is 32.7. The molecule has 0 atom stereocenters. The zero-order valence-electron chi connectivity index (χ0n) is 32.7. The molecular formula is C54H46. The van der Waals surface area contributed by atoms with Crippen molar-refractivity contribution in [2.45, 2.75) is 66.2 Å². The number of rotatable bonds is 3. The van der Waals surface area contributed by atoms with Gasteiger partial charge in [-0.15, -0.1) is 0 Å². The summed E-state index contributed by atoms with van der Waals surface area (Å²) in [6, 6.07) is 50.7. The Morgan fingerprint density at radius 2 is 0.685 bits per heavy atom. The molecule has 0 unspecified atom stereocenters. The summed E-state index contributed by atoms with van der Waals surface area (Å²) in [6.07, 6.45) is 0. The first-order valence-corrected chi connectivity index (χ1v) is 19.5. The maximum absolute atomic E-state index is 2.48. The number of fused-ring (bicyclic) bond motifs is 8.